The van der Waals surface area contributed by atoms with Crippen molar-refractivity contribution in [3.05, 3.63) is 59.8 Å². The first-order valence-corrected chi connectivity index (χ1v) is 6.80. The fraction of sp³-hybridized carbons (Fsp3) is 0.235. The number of nitrogens with zero attached hydrogens (tertiary/aromatic N) is 1. The Hall–Kier alpha value is -2.29. The van der Waals surface area contributed by atoms with E-state index in [9.17, 15) is 4.79 Å². The molecule has 1 aliphatic heterocycles. The van der Waals surface area contributed by atoms with Crippen molar-refractivity contribution in [3.8, 4) is 0 Å². The van der Waals surface area contributed by atoms with Crippen molar-refractivity contribution in [3.63, 3.8) is 0 Å². The van der Waals surface area contributed by atoms with Gasteiger partial charge in [-0.15, -0.1) is 6.58 Å². The molecule has 0 saturated carbocycles. The normalized spacial score (nSPS) is 19.2. The van der Waals surface area contributed by atoms with E-state index in [1.807, 2.05) is 37.1 Å². The summed E-state index contributed by atoms with van der Waals surface area (Å²) in [4.78, 5) is 17.5. The zero-order valence-corrected chi connectivity index (χ0v) is 11.8. The van der Waals surface area contributed by atoms with E-state index in [2.05, 4.69) is 23.7 Å². The van der Waals surface area contributed by atoms with Crippen LogP contribution in [-0.4, -0.2) is 22.3 Å². The molecule has 1 aromatic carbocycles. The first kappa shape index (κ1) is 12.7. The predicted molar refractivity (Wildman–Crippen MR) is 81.3 cm³/mol. The van der Waals surface area contributed by atoms with E-state index in [4.69, 9.17) is 0 Å². The van der Waals surface area contributed by atoms with Gasteiger partial charge in [-0.25, -0.2) is 0 Å². The van der Waals surface area contributed by atoms with Gasteiger partial charge in [0.25, 0.3) is 5.91 Å². The number of amides is 1. The molecular weight excluding hydrogens is 248 g/mol. The summed E-state index contributed by atoms with van der Waals surface area (Å²) in [5.74, 6) is 0.109. The summed E-state index contributed by atoms with van der Waals surface area (Å²) in [6.45, 7) is 8.28. The largest absolute Gasteiger partial charge is 0.361 e. The lowest BCUT2D eigenvalue weighted by atomic mass is 9.99. The van der Waals surface area contributed by atoms with Crippen LogP contribution in [0.4, 0.5) is 0 Å². The second kappa shape index (κ2) is 4.67. The van der Waals surface area contributed by atoms with E-state index in [1.54, 1.807) is 6.08 Å². The number of aromatic nitrogens is 1. The van der Waals surface area contributed by atoms with Crippen LogP contribution in [0.5, 0.6) is 0 Å². The van der Waals surface area contributed by atoms with Crippen LogP contribution in [0.25, 0.3) is 10.9 Å². The van der Waals surface area contributed by atoms with E-state index in [1.165, 1.54) is 5.39 Å². The molecule has 2 aromatic rings. The van der Waals surface area contributed by atoms with Gasteiger partial charge in [0.2, 0.25) is 0 Å². The Bertz CT molecular complexity index is 723. The molecule has 102 valence electrons. The third-order valence-corrected chi connectivity index (χ3v) is 4.14. The van der Waals surface area contributed by atoms with Gasteiger partial charge >= 0.3 is 0 Å². The van der Waals surface area contributed by atoms with Gasteiger partial charge in [0.1, 0.15) is 0 Å². The molecule has 1 aromatic heterocycles. The van der Waals surface area contributed by atoms with Crippen molar-refractivity contribution in [2.45, 2.75) is 19.9 Å². The van der Waals surface area contributed by atoms with Gasteiger partial charge < -0.3 is 9.88 Å². The van der Waals surface area contributed by atoms with Crippen LogP contribution in [0.15, 0.2) is 54.3 Å². The zero-order chi connectivity index (χ0) is 14.3. The first-order chi connectivity index (χ1) is 9.65. The molecule has 3 nitrogen and oxygen atoms in total. The average molecular weight is 266 g/mol. The van der Waals surface area contributed by atoms with Gasteiger partial charge in [0, 0.05) is 34.8 Å². The lowest BCUT2D eigenvalue weighted by molar-refractivity contribution is -0.126. The predicted octanol–water partition coefficient (Wildman–Crippen LogP) is 3.57. The molecule has 3 rings (SSSR count). The van der Waals surface area contributed by atoms with Crippen LogP contribution >= 0.6 is 0 Å². The highest BCUT2D eigenvalue weighted by atomic mass is 16.2. The van der Waals surface area contributed by atoms with Crippen molar-refractivity contribution < 1.29 is 4.79 Å². The molecular formula is C17H18N2O. The van der Waals surface area contributed by atoms with Crippen LogP contribution in [0.2, 0.25) is 0 Å². The monoisotopic (exact) mass is 266 g/mol. The number of carbonyl (C=O) groups is 1. The quantitative estimate of drug-likeness (QED) is 0.847. The summed E-state index contributed by atoms with van der Waals surface area (Å²) >= 11 is 0. The van der Waals surface area contributed by atoms with E-state index < -0.39 is 0 Å². The van der Waals surface area contributed by atoms with E-state index >= 15 is 0 Å². The first-order valence-electron chi connectivity index (χ1n) is 6.80. The number of rotatable bonds is 3. The maximum atomic E-state index is 12.4. The second-order valence-electron chi connectivity index (χ2n) is 5.25. The van der Waals surface area contributed by atoms with E-state index in [0.717, 1.165) is 22.2 Å². The van der Waals surface area contributed by atoms with Gasteiger partial charge in [-0.2, -0.15) is 0 Å². The molecule has 0 radical (unpaired) electrons. The molecule has 0 aliphatic carbocycles. The Morgan fingerprint density at radius 2 is 2.10 bits per heavy atom. The number of H-pyrrole nitrogens is 1. The molecule has 1 amide bonds. The summed E-state index contributed by atoms with van der Waals surface area (Å²) in [6, 6.07) is 8.20. The maximum absolute atomic E-state index is 12.4. The van der Waals surface area contributed by atoms with Crippen molar-refractivity contribution in [1.29, 1.82) is 0 Å². The van der Waals surface area contributed by atoms with E-state index in [0.29, 0.717) is 6.54 Å². The number of hydrogen-bond donors (Lipinski definition) is 1. The van der Waals surface area contributed by atoms with Crippen LogP contribution in [0.1, 0.15) is 25.5 Å². The summed E-state index contributed by atoms with van der Waals surface area (Å²) in [6.07, 6.45) is 3.80. The van der Waals surface area contributed by atoms with Crippen molar-refractivity contribution in [2.24, 2.45) is 0 Å². The lowest BCUT2D eigenvalue weighted by Crippen LogP contribution is -2.30. The number of fused-ring (bicyclic) bond motifs is 1. The van der Waals surface area contributed by atoms with Crippen molar-refractivity contribution >= 4 is 16.8 Å². The molecule has 20 heavy (non-hydrogen) atoms. The zero-order valence-electron chi connectivity index (χ0n) is 11.8. The van der Waals surface area contributed by atoms with Gasteiger partial charge in [-0.3, -0.25) is 4.79 Å². The Labute approximate surface area is 118 Å². The summed E-state index contributed by atoms with van der Waals surface area (Å²) in [7, 11) is 0. The number of nitrogens with one attached hydrogen (secondary N) is 1. The molecule has 1 aliphatic rings. The number of carbonyl (C=O) groups excluding carboxylic acids is 1. The third-order valence-electron chi connectivity index (χ3n) is 4.14. The Morgan fingerprint density at radius 1 is 1.35 bits per heavy atom. The summed E-state index contributed by atoms with van der Waals surface area (Å²) in [5.41, 5.74) is 4.24. The fourth-order valence-corrected chi connectivity index (χ4v) is 2.99. The minimum absolute atomic E-state index is 0.0108. The molecule has 3 heteroatoms. The Kier molecular flexibility index (Phi) is 2.97. The molecule has 0 saturated heterocycles. The lowest BCUT2D eigenvalue weighted by Gasteiger charge is -2.25. The second-order valence-corrected chi connectivity index (χ2v) is 5.25. The van der Waals surface area contributed by atoms with Gasteiger partial charge in [-0.1, -0.05) is 24.3 Å². The van der Waals surface area contributed by atoms with Crippen LogP contribution in [0, 0.1) is 0 Å². The third kappa shape index (κ3) is 1.70. The molecule has 2 heterocycles. The molecule has 1 atom stereocenters. The summed E-state index contributed by atoms with van der Waals surface area (Å²) in [5, 5.41) is 1.17. The molecule has 0 unspecified atom stereocenters. The minimum Gasteiger partial charge on any atom is -0.361 e. The standard InChI is InChI=1S/C17H18N2O/c1-4-9-19-16(11(2)12(3)17(19)20)14-10-18-15-8-6-5-7-13(14)15/h4-8,10,16,18H,1,9H2,2-3H3/t16-/m0/s1. The van der Waals surface area contributed by atoms with Gasteiger partial charge in [-0.05, 0) is 25.5 Å². The summed E-state index contributed by atoms with van der Waals surface area (Å²) < 4.78 is 0. The van der Waals surface area contributed by atoms with Crippen molar-refractivity contribution in [1.82, 2.24) is 9.88 Å². The number of aromatic amines is 1. The van der Waals surface area contributed by atoms with Crippen molar-refractivity contribution in [2.75, 3.05) is 6.54 Å². The van der Waals surface area contributed by atoms with Crippen LogP contribution in [-0.2, 0) is 4.79 Å². The topological polar surface area (TPSA) is 36.1 Å². The SMILES string of the molecule is C=CCN1C(=O)C(C)=C(C)[C@H]1c1c[nH]c2ccccc12. The minimum atomic E-state index is 0.0108. The van der Waals surface area contributed by atoms with Gasteiger partial charge in [0.15, 0.2) is 0 Å². The number of hydrogen-bond acceptors (Lipinski definition) is 1. The van der Waals surface area contributed by atoms with E-state index in [-0.39, 0.29) is 11.9 Å². The molecule has 0 fully saturated rings. The van der Waals surface area contributed by atoms with Crippen LogP contribution < -0.4 is 0 Å². The smallest absolute Gasteiger partial charge is 0.250 e. The molecule has 0 bridgehead atoms. The number of benzene rings is 1. The number of para-hydroxylation sites is 1. The highest BCUT2D eigenvalue weighted by Crippen LogP contribution is 2.40. The molecule has 0 spiro atoms. The average Bonchev–Trinajstić information content (AvgIpc) is 2.96. The maximum Gasteiger partial charge on any atom is 0.250 e. The highest BCUT2D eigenvalue weighted by molar-refractivity contribution is 5.98. The van der Waals surface area contributed by atoms with Crippen LogP contribution in [0.3, 0.4) is 0 Å². The Morgan fingerprint density at radius 3 is 2.85 bits per heavy atom. The molecule has 1 N–H and O–H groups in total. The fourth-order valence-electron chi connectivity index (χ4n) is 2.99. The Balaban J connectivity index is 2.16. The van der Waals surface area contributed by atoms with Gasteiger partial charge in [0.05, 0.1) is 6.04 Å². The highest BCUT2D eigenvalue weighted by Gasteiger charge is 2.36.